The molecule has 20 nitrogen and oxygen atoms in total. The van der Waals surface area contributed by atoms with E-state index in [1.165, 1.54) is 6.07 Å². The molecule has 3 aliphatic rings. The van der Waals surface area contributed by atoms with Crippen LogP contribution in [0.25, 0.3) is 33.1 Å². The molecule has 1 atom stereocenters. The van der Waals surface area contributed by atoms with Gasteiger partial charge in [0, 0.05) is 79.8 Å². The summed E-state index contributed by atoms with van der Waals surface area (Å²) in [5.41, 5.74) is 6.44. The predicted octanol–water partition coefficient (Wildman–Crippen LogP) is 5.90. The van der Waals surface area contributed by atoms with Crippen LogP contribution in [-0.2, 0) is 30.3 Å². The number of hydrogen-bond donors (Lipinski definition) is 5. The molecule has 0 spiro atoms. The maximum Gasteiger partial charge on any atom is 0.289 e. The van der Waals surface area contributed by atoms with Crippen molar-refractivity contribution >= 4 is 68.8 Å². The van der Waals surface area contributed by atoms with Gasteiger partial charge in [0.05, 0.1) is 54.3 Å². The predicted molar refractivity (Wildman–Crippen MR) is 250 cm³/mol. The standard InChI is InChI=1S/C48H54FN11O9/c1-5-59-36(25-34(57-59)29-11-12-29)53-42-40-32-23-26(2)31(38-27(3)58-69-28(38)4)24-35(32)52-41(40)55-43(56-42)44(62)51-16-8-18-67-20-22-68-21-19-66-17-7-15-50-33-10-6-9-30-39(33)46(64)60(45(30)63)48(49)14-13-37(61)54-47(48)65/h6,9-10,23-25,29,50H,5,7-8,11-22H2,1-4H3,(H,51,62)(H,54,61,65)(H2,52,53,55,56). The fraction of sp³-hybridized carbons (Fsp3) is 0.438. The zero-order valence-corrected chi connectivity index (χ0v) is 38.9. The number of aromatic amines is 1. The number of carbonyl (C=O) groups is 5. The number of halogens is 1. The Morgan fingerprint density at radius 1 is 0.913 bits per heavy atom. The summed E-state index contributed by atoms with van der Waals surface area (Å²) in [6.45, 7) is 11.5. The number of nitrogens with one attached hydrogen (secondary N) is 5. The molecule has 1 saturated heterocycles. The molecule has 1 aliphatic carbocycles. The van der Waals surface area contributed by atoms with E-state index in [1.54, 1.807) is 12.1 Å². The summed E-state index contributed by atoms with van der Waals surface area (Å²) in [4.78, 5) is 77.0. The first-order valence-corrected chi connectivity index (χ1v) is 23.3. The van der Waals surface area contributed by atoms with Crippen molar-refractivity contribution in [1.29, 1.82) is 0 Å². The molecule has 6 aromatic rings. The Morgan fingerprint density at radius 2 is 1.65 bits per heavy atom. The van der Waals surface area contributed by atoms with Gasteiger partial charge >= 0.3 is 0 Å². The number of benzene rings is 2. The number of imide groups is 2. The highest BCUT2D eigenvalue weighted by molar-refractivity contribution is 6.26. The Kier molecular flexibility index (Phi) is 13.5. The molecular formula is C48H54FN11O9. The minimum absolute atomic E-state index is 0.0166. The molecule has 1 unspecified atom stereocenters. The number of anilines is 3. The molecule has 0 radical (unpaired) electrons. The number of fused-ring (bicyclic) bond motifs is 4. The zero-order chi connectivity index (χ0) is 48.4. The summed E-state index contributed by atoms with van der Waals surface area (Å²) < 4.78 is 40.1. The third kappa shape index (κ3) is 9.53. The van der Waals surface area contributed by atoms with Crippen LogP contribution < -0.4 is 21.3 Å². The Bertz CT molecular complexity index is 2960. The van der Waals surface area contributed by atoms with Gasteiger partial charge in [0.15, 0.2) is 0 Å². The fourth-order valence-electron chi connectivity index (χ4n) is 8.80. The molecule has 2 aliphatic heterocycles. The van der Waals surface area contributed by atoms with Crippen LogP contribution in [0.3, 0.4) is 0 Å². The average molecular weight is 948 g/mol. The van der Waals surface area contributed by atoms with E-state index < -0.39 is 41.7 Å². The van der Waals surface area contributed by atoms with Gasteiger partial charge in [-0.25, -0.2) is 23.9 Å². The van der Waals surface area contributed by atoms with Crippen molar-refractivity contribution < 1.29 is 47.1 Å². The highest BCUT2D eigenvalue weighted by Crippen LogP contribution is 2.42. The van der Waals surface area contributed by atoms with Crippen molar-refractivity contribution in [1.82, 2.24) is 45.4 Å². The maximum absolute atomic E-state index is 15.7. The second kappa shape index (κ2) is 19.9. The van der Waals surface area contributed by atoms with Gasteiger partial charge in [-0.3, -0.25) is 29.3 Å². The molecule has 9 rings (SSSR count). The zero-order valence-electron chi connectivity index (χ0n) is 38.9. The number of carbonyl (C=O) groups excluding carboxylic acids is 5. The smallest absolute Gasteiger partial charge is 0.289 e. The molecule has 5 N–H and O–H groups in total. The van der Waals surface area contributed by atoms with Crippen molar-refractivity contribution in [2.75, 3.05) is 63.4 Å². The highest BCUT2D eigenvalue weighted by Gasteiger charge is 2.57. The first-order chi connectivity index (χ1) is 33.4. The van der Waals surface area contributed by atoms with Gasteiger partial charge in [0.25, 0.3) is 29.4 Å². The normalized spacial score (nSPS) is 17.0. The van der Waals surface area contributed by atoms with Crippen molar-refractivity contribution in [2.45, 2.75) is 84.5 Å². The van der Waals surface area contributed by atoms with Crippen molar-refractivity contribution in [2.24, 2.45) is 0 Å². The summed E-state index contributed by atoms with van der Waals surface area (Å²) in [5.74, 6) is -4.75. The van der Waals surface area contributed by atoms with Gasteiger partial charge in [-0.15, -0.1) is 0 Å². The number of hydrogen-bond acceptors (Lipinski definition) is 15. The second-order valence-electron chi connectivity index (χ2n) is 17.4. The molecule has 69 heavy (non-hydrogen) atoms. The van der Waals surface area contributed by atoms with E-state index in [9.17, 15) is 24.0 Å². The van der Waals surface area contributed by atoms with Gasteiger partial charge in [-0.2, -0.15) is 5.10 Å². The molecule has 1 saturated carbocycles. The number of piperidine rings is 1. The lowest BCUT2D eigenvalue weighted by Crippen LogP contribution is -2.61. The Hall–Kier alpha value is -7.10. The topological polar surface area (TPSA) is 250 Å². The Labute approximate surface area is 395 Å². The lowest BCUT2D eigenvalue weighted by atomic mass is 9.97. The number of H-pyrrole nitrogens is 1. The molecule has 4 aromatic heterocycles. The van der Waals surface area contributed by atoms with E-state index >= 15 is 4.39 Å². The molecular weight excluding hydrogens is 894 g/mol. The quantitative estimate of drug-likeness (QED) is 0.0302. The Morgan fingerprint density at radius 3 is 2.35 bits per heavy atom. The van der Waals surface area contributed by atoms with Gasteiger partial charge in [-0.05, 0) is 88.8 Å². The highest BCUT2D eigenvalue weighted by atomic mass is 19.1. The van der Waals surface area contributed by atoms with Gasteiger partial charge in [0.2, 0.25) is 11.7 Å². The van der Waals surface area contributed by atoms with Crippen LogP contribution in [-0.4, -0.2) is 123 Å². The van der Waals surface area contributed by atoms with Crippen LogP contribution in [0.5, 0.6) is 0 Å². The van der Waals surface area contributed by atoms with E-state index in [2.05, 4.69) is 44.3 Å². The summed E-state index contributed by atoms with van der Waals surface area (Å²) in [7, 11) is 0. The van der Waals surface area contributed by atoms with Crippen LogP contribution in [0, 0.1) is 20.8 Å². The third-order valence-electron chi connectivity index (χ3n) is 12.5. The SMILES string of the molecule is CCn1nc(C2CC2)cc1Nc1nc(C(=O)NCCCOCCOCCOCCCNc2cccc3c2C(=O)N(C2(F)CCC(=O)NC2=O)C3=O)nc2[nH]c3cc(-c4c(C)noc4C)c(C)cc3c12. The number of ether oxygens (including phenoxy) is 3. The van der Waals surface area contributed by atoms with Crippen molar-refractivity contribution in [3.05, 3.63) is 76.1 Å². The second-order valence-corrected chi connectivity index (χ2v) is 17.4. The van der Waals surface area contributed by atoms with Crippen LogP contribution >= 0.6 is 0 Å². The molecule has 21 heteroatoms. The maximum atomic E-state index is 15.7. The lowest BCUT2D eigenvalue weighted by Gasteiger charge is -2.34. The molecule has 5 amide bonds. The van der Waals surface area contributed by atoms with Gasteiger partial charge < -0.3 is 39.7 Å². The summed E-state index contributed by atoms with van der Waals surface area (Å²) in [5, 5.41) is 22.1. The van der Waals surface area contributed by atoms with E-state index in [0.717, 1.165) is 68.8 Å². The number of aryl methyl sites for hydroxylation is 4. The molecule has 362 valence electrons. The number of nitrogens with zero attached hydrogens (tertiary/aromatic N) is 6. The molecule has 2 aromatic carbocycles. The summed E-state index contributed by atoms with van der Waals surface area (Å²) in [6.07, 6.45) is 2.41. The monoisotopic (exact) mass is 947 g/mol. The van der Waals surface area contributed by atoms with E-state index in [4.69, 9.17) is 33.8 Å². The Balaban J connectivity index is 0.708. The fourth-order valence-corrected chi connectivity index (χ4v) is 8.80. The number of rotatable bonds is 22. The number of alkyl halides is 1. The number of amides is 5. The molecule has 2 fully saturated rings. The number of aromatic nitrogens is 6. The minimum Gasteiger partial charge on any atom is -0.384 e. The summed E-state index contributed by atoms with van der Waals surface area (Å²) in [6, 6.07) is 10.8. The largest absolute Gasteiger partial charge is 0.384 e. The van der Waals surface area contributed by atoms with E-state index in [0.29, 0.717) is 100 Å². The van der Waals surface area contributed by atoms with E-state index in [1.807, 2.05) is 37.7 Å². The first-order valence-electron chi connectivity index (χ1n) is 23.3. The third-order valence-corrected chi connectivity index (χ3v) is 12.5. The van der Waals surface area contributed by atoms with Crippen LogP contribution in [0.15, 0.2) is 40.9 Å². The van der Waals surface area contributed by atoms with Crippen molar-refractivity contribution in [3.63, 3.8) is 0 Å². The summed E-state index contributed by atoms with van der Waals surface area (Å²) >= 11 is 0. The van der Waals surface area contributed by atoms with Gasteiger partial charge in [-0.1, -0.05) is 11.2 Å². The van der Waals surface area contributed by atoms with Crippen LogP contribution in [0.4, 0.5) is 21.7 Å². The van der Waals surface area contributed by atoms with Crippen LogP contribution in [0.2, 0.25) is 0 Å². The lowest BCUT2D eigenvalue weighted by molar-refractivity contribution is -0.151. The average Bonchev–Trinajstić information content (AvgIpc) is 3.77. The van der Waals surface area contributed by atoms with Crippen LogP contribution in [0.1, 0.15) is 105 Å². The molecule has 6 heterocycles. The van der Waals surface area contributed by atoms with Crippen molar-refractivity contribution in [3.8, 4) is 11.1 Å². The van der Waals surface area contributed by atoms with Gasteiger partial charge in [0.1, 0.15) is 23.0 Å². The van der Waals surface area contributed by atoms with E-state index in [-0.39, 0.29) is 23.4 Å². The molecule has 0 bridgehead atoms. The minimum atomic E-state index is -2.95. The first kappa shape index (κ1) is 47.0.